The van der Waals surface area contributed by atoms with Gasteiger partial charge in [-0.25, -0.2) is 0 Å². The van der Waals surface area contributed by atoms with Crippen LogP contribution in [0.25, 0.3) is 0 Å². The van der Waals surface area contributed by atoms with E-state index in [9.17, 15) is 0 Å². The number of nitrogens with zero attached hydrogens (tertiary/aromatic N) is 1. The van der Waals surface area contributed by atoms with Gasteiger partial charge in [0.05, 0.1) is 0 Å². The van der Waals surface area contributed by atoms with Crippen molar-refractivity contribution >= 4 is 5.69 Å². The Kier molecular flexibility index (Phi) is 1.43. The molecule has 1 nitrogen and oxygen atoms in total. The fourth-order valence-corrected chi connectivity index (χ4v) is 2.60. The number of fused-ring (bicyclic) bond motifs is 3. The van der Waals surface area contributed by atoms with Crippen LogP contribution in [0.3, 0.4) is 0 Å². The van der Waals surface area contributed by atoms with Gasteiger partial charge in [0.15, 0.2) is 0 Å². The lowest BCUT2D eigenvalue weighted by Gasteiger charge is -2.29. The van der Waals surface area contributed by atoms with E-state index in [1.165, 1.54) is 18.7 Å². The minimum atomic E-state index is 0.902. The Hall–Kier alpha value is -0.980. The smallest absolute Gasteiger partial charge is 0.0401 e. The molecule has 3 rings (SSSR count). The molecule has 2 unspecified atom stereocenters. The van der Waals surface area contributed by atoms with Crippen molar-refractivity contribution in [2.45, 2.75) is 19.3 Å². The summed E-state index contributed by atoms with van der Waals surface area (Å²) in [6.45, 7) is 4.69. The molecule has 13 heavy (non-hydrogen) atoms. The lowest BCUT2D eigenvalue weighted by atomic mass is 10.0. The zero-order chi connectivity index (χ0) is 8.84. The van der Waals surface area contributed by atoms with E-state index in [1.54, 1.807) is 5.56 Å². The average molecular weight is 173 g/mol. The molecule has 1 heterocycles. The molecule has 1 aliphatic heterocycles. The van der Waals surface area contributed by atoms with Gasteiger partial charge in [0.25, 0.3) is 0 Å². The van der Waals surface area contributed by atoms with Crippen LogP contribution in [0.5, 0.6) is 0 Å². The van der Waals surface area contributed by atoms with Crippen LogP contribution < -0.4 is 4.90 Å². The van der Waals surface area contributed by atoms with Gasteiger partial charge in [0.2, 0.25) is 0 Å². The van der Waals surface area contributed by atoms with E-state index in [0.29, 0.717) is 0 Å². The molecule has 2 aliphatic rings. The van der Waals surface area contributed by atoms with Crippen LogP contribution in [0.1, 0.15) is 24.8 Å². The summed E-state index contributed by atoms with van der Waals surface area (Å²) in [4.78, 5) is 2.52. The monoisotopic (exact) mass is 173 g/mol. The molecule has 1 aliphatic carbocycles. The molecule has 0 radical (unpaired) electrons. The molecule has 1 aromatic carbocycles. The van der Waals surface area contributed by atoms with Gasteiger partial charge in [-0.3, -0.25) is 0 Å². The number of benzene rings is 1. The SMILES string of the molecule is CCN1CC2CC2c2ccccc21. The second-order valence-electron chi connectivity index (χ2n) is 4.20. The lowest BCUT2D eigenvalue weighted by Crippen LogP contribution is -2.29. The first kappa shape index (κ1) is 7.43. The number of hydrogen-bond donors (Lipinski definition) is 0. The highest BCUT2D eigenvalue weighted by Gasteiger charge is 2.44. The highest BCUT2D eigenvalue weighted by atomic mass is 15.1. The highest BCUT2D eigenvalue weighted by Crippen LogP contribution is 2.54. The predicted molar refractivity (Wildman–Crippen MR) is 55.2 cm³/mol. The Labute approximate surface area is 79.4 Å². The summed E-state index contributed by atoms with van der Waals surface area (Å²) in [6.07, 6.45) is 1.42. The fourth-order valence-electron chi connectivity index (χ4n) is 2.60. The zero-order valence-electron chi connectivity index (χ0n) is 8.03. The quantitative estimate of drug-likeness (QED) is 0.631. The third-order valence-electron chi connectivity index (χ3n) is 3.44. The Morgan fingerprint density at radius 3 is 3.08 bits per heavy atom. The Morgan fingerprint density at radius 1 is 1.38 bits per heavy atom. The third-order valence-corrected chi connectivity index (χ3v) is 3.44. The van der Waals surface area contributed by atoms with E-state index in [-0.39, 0.29) is 0 Å². The van der Waals surface area contributed by atoms with E-state index in [0.717, 1.165) is 18.4 Å². The summed E-state index contributed by atoms with van der Waals surface area (Å²) >= 11 is 0. The summed E-state index contributed by atoms with van der Waals surface area (Å²) < 4.78 is 0. The van der Waals surface area contributed by atoms with Gasteiger partial charge in [-0.2, -0.15) is 0 Å². The maximum absolute atomic E-state index is 2.52. The summed E-state index contributed by atoms with van der Waals surface area (Å²) in [6, 6.07) is 8.91. The molecular formula is C12H15N. The third kappa shape index (κ3) is 0.995. The van der Waals surface area contributed by atoms with Crippen LogP contribution in [-0.4, -0.2) is 13.1 Å². The number of anilines is 1. The van der Waals surface area contributed by atoms with Gasteiger partial charge in [0, 0.05) is 18.8 Å². The molecule has 1 saturated carbocycles. The highest BCUT2D eigenvalue weighted by molar-refractivity contribution is 5.59. The predicted octanol–water partition coefficient (Wildman–Crippen LogP) is 2.63. The van der Waals surface area contributed by atoms with Crippen molar-refractivity contribution < 1.29 is 0 Å². The molecule has 2 atom stereocenters. The molecule has 68 valence electrons. The molecule has 0 aromatic heterocycles. The van der Waals surface area contributed by atoms with Crippen LogP contribution in [0.4, 0.5) is 5.69 Å². The summed E-state index contributed by atoms with van der Waals surface area (Å²) in [5.41, 5.74) is 3.09. The normalized spacial score (nSPS) is 29.5. The molecule has 1 heteroatoms. The van der Waals surface area contributed by atoms with E-state index >= 15 is 0 Å². The fraction of sp³-hybridized carbons (Fsp3) is 0.500. The molecule has 0 spiro atoms. The first-order valence-electron chi connectivity index (χ1n) is 5.24. The summed E-state index contributed by atoms with van der Waals surface area (Å²) in [5.74, 6) is 1.87. The summed E-state index contributed by atoms with van der Waals surface area (Å²) in [5, 5.41) is 0. The Bertz CT molecular complexity index is 332. The van der Waals surface area contributed by atoms with Crippen molar-refractivity contribution in [3.05, 3.63) is 29.8 Å². The van der Waals surface area contributed by atoms with Crippen molar-refractivity contribution in [2.75, 3.05) is 18.0 Å². The molecule has 1 fully saturated rings. The lowest BCUT2D eigenvalue weighted by molar-refractivity contribution is 0.693. The Morgan fingerprint density at radius 2 is 2.23 bits per heavy atom. The topological polar surface area (TPSA) is 3.24 Å². The van der Waals surface area contributed by atoms with Crippen molar-refractivity contribution in [1.82, 2.24) is 0 Å². The van der Waals surface area contributed by atoms with E-state index in [2.05, 4.69) is 36.1 Å². The number of rotatable bonds is 1. The van der Waals surface area contributed by atoms with Gasteiger partial charge in [0.1, 0.15) is 0 Å². The van der Waals surface area contributed by atoms with Gasteiger partial charge in [-0.1, -0.05) is 18.2 Å². The first-order chi connectivity index (χ1) is 6.40. The van der Waals surface area contributed by atoms with Crippen LogP contribution in [0, 0.1) is 5.92 Å². The van der Waals surface area contributed by atoms with Crippen molar-refractivity contribution in [1.29, 1.82) is 0 Å². The zero-order valence-corrected chi connectivity index (χ0v) is 8.03. The van der Waals surface area contributed by atoms with Gasteiger partial charge in [-0.05, 0) is 36.8 Å². The number of hydrogen-bond acceptors (Lipinski definition) is 1. The Balaban J connectivity index is 2.08. The average Bonchev–Trinajstić information content (AvgIpc) is 2.95. The van der Waals surface area contributed by atoms with Crippen molar-refractivity contribution in [3.63, 3.8) is 0 Å². The summed E-state index contributed by atoms with van der Waals surface area (Å²) in [7, 11) is 0. The maximum Gasteiger partial charge on any atom is 0.0401 e. The first-order valence-corrected chi connectivity index (χ1v) is 5.24. The van der Waals surface area contributed by atoms with Gasteiger partial charge >= 0.3 is 0 Å². The van der Waals surface area contributed by atoms with Crippen molar-refractivity contribution in [3.8, 4) is 0 Å². The minimum absolute atomic E-state index is 0.902. The van der Waals surface area contributed by atoms with Gasteiger partial charge < -0.3 is 4.90 Å². The van der Waals surface area contributed by atoms with E-state index in [1.807, 2.05) is 0 Å². The van der Waals surface area contributed by atoms with E-state index < -0.39 is 0 Å². The van der Waals surface area contributed by atoms with Crippen LogP contribution in [0.15, 0.2) is 24.3 Å². The molecule has 0 bridgehead atoms. The van der Waals surface area contributed by atoms with Gasteiger partial charge in [-0.15, -0.1) is 0 Å². The molecular weight excluding hydrogens is 158 g/mol. The minimum Gasteiger partial charge on any atom is -0.371 e. The van der Waals surface area contributed by atoms with Crippen LogP contribution in [0.2, 0.25) is 0 Å². The molecule has 0 saturated heterocycles. The van der Waals surface area contributed by atoms with E-state index in [4.69, 9.17) is 0 Å². The maximum atomic E-state index is 2.52. The largest absolute Gasteiger partial charge is 0.371 e. The second-order valence-corrected chi connectivity index (χ2v) is 4.20. The number of para-hydroxylation sites is 1. The van der Waals surface area contributed by atoms with Crippen LogP contribution >= 0.6 is 0 Å². The van der Waals surface area contributed by atoms with Crippen molar-refractivity contribution in [2.24, 2.45) is 5.92 Å². The molecule has 0 amide bonds. The molecule has 1 aromatic rings. The van der Waals surface area contributed by atoms with Crippen LogP contribution in [-0.2, 0) is 0 Å². The second kappa shape index (κ2) is 2.50. The standard InChI is InChI=1S/C12H15N/c1-2-13-8-9-7-11(9)10-5-3-4-6-12(10)13/h3-6,9,11H,2,7-8H2,1H3. The molecule has 0 N–H and O–H groups in total.